The summed E-state index contributed by atoms with van der Waals surface area (Å²) >= 11 is 9.21. The molecule has 1 aliphatic carbocycles. The first-order chi connectivity index (χ1) is 8.56. The number of hydrogen-bond acceptors (Lipinski definition) is 2. The van der Waals surface area contributed by atoms with Gasteiger partial charge in [-0.15, -0.1) is 0 Å². The molecule has 2 N–H and O–H groups in total. The molecule has 18 heavy (non-hydrogen) atoms. The summed E-state index contributed by atoms with van der Waals surface area (Å²) in [5, 5.41) is 13.2. The van der Waals surface area contributed by atoms with Crippen LogP contribution in [0.2, 0.25) is 5.02 Å². The molecule has 1 amide bonds. The van der Waals surface area contributed by atoms with E-state index < -0.39 is 6.10 Å². The zero-order valence-corrected chi connectivity index (χ0v) is 12.2. The molecule has 2 atom stereocenters. The summed E-state index contributed by atoms with van der Waals surface area (Å²) in [4.78, 5) is 12.1. The van der Waals surface area contributed by atoms with E-state index in [1.807, 2.05) is 0 Å². The molecule has 0 bridgehead atoms. The zero-order valence-electron chi connectivity index (χ0n) is 9.83. The van der Waals surface area contributed by atoms with E-state index in [1.165, 1.54) is 0 Å². The van der Waals surface area contributed by atoms with E-state index in [0.717, 1.165) is 30.2 Å². The smallest absolute Gasteiger partial charge is 0.251 e. The monoisotopic (exact) mass is 331 g/mol. The van der Waals surface area contributed by atoms with E-state index in [2.05, 4.69) is 21.2 Å². The molecule has 0 spiro atoms. The van der Waals surface area contributed by atoms with Gasteiger partial charge in [0.1, 0.15) is 0 Å². The Kier molecular flexibility index (Phi) is 4.65. The van der Waals surface area contributed by atoms with Gasteiger partial charge in [-0.05, 0) is 31.0 Å². The highest BCUT2D eigenvalue weighted by molar-refractivity contribution is 9.10. The molecule has 1 aliphatic rings. The van der Waals surface area contributed by atoms with Crippen LogP contribution in [0.1, 0.15) is 36.0 Å². The Balaban J connectivity index is 2.06. The van der Waals surface area contributed by atoms with Crippen LogP contribution in [0.4, 0.5) is 0 Å². The molecule has 0 saturated heterocycles. The second kappa shape index (κ2) is 6.04. The van der Waals surface area contributed by atoms with Crippen molar-refractivity contribution in [1.29, 1.82) is 0 Å². The first-order valence-electron chi connectivity index (χ1n) is 6.01. The molecule has 5 heteroatoms. The Morgan fingerprint density at radius 1 is 1.33 bits per heavy atom. The summed E-state index contributed by atoms with van der Waals surface area (Å²) < 4.78 is 0.768. The number of benzene rings is 1. The Labute approximate surface area is 120 Å². The summed E-state index contributed by atoms with van der Waals surface area (Å²) in [5.41, 5.74) is 0.507. The number of halogens is 2. The van der Waals surface area contributed by atoms with Gasteiger partial charge in [0.25, 0.3) is 5.91 Å². The van der Waals surface area contributed by atoms with Gasteiger partial charge < -0.3 is 10.4 Å². The number of nitrogens with one attached hydrogen (secondary N) is 1. The van der Waals surface area contributed by atoms with Crippen molar-refractivity contribution in [3.8, 4) is 0 Å². The first-order valence-corrected chi connectivity index (χ1v) is 7.18. The highest BCUT2D eigenvalue weighted by atomic mass is 79.9. The minimum atomic E-state index is -0.440. The van der Waals surface area contributed by atoms with Crippen LogP contribution in [0.5, 0.6) is 0 Å². The van der Waals surface area contributed by atoms with Gasteiger partial charge in [-0.1, -0.05) is 40.4 Å². The average Bonchev–Trinajstić information content (AvgIpc) is 2.31. The van der Waals surface area contributed by atoms with Crippen molar-refractivity contribution < 1.29 is 9.90 Å². The van der Waals surface area contributed by atoms with E-state index in [9.17, 15) is 9.90 Å². The summed E-state index contributed by atoms with van der Waals surface area (Å²) in [7, 11) is 0. The van der Waals surface area contributed by atoms with Crippen molar-refractivity contribution in [2.24, 2.45) is 0 Å². The number of hydrogen-bond donors (Lipinski definition) is 2. The minimum absolute atomic E-state index is 0.149. The summed E-state index contributed by atoms with van der Waals surface area (Å²) in [6.07, 6.45) is 3.21. The van der Waals surface area contributed by atoms with Gasteiger partial charge in [-0.2, -0.15) is 0 Å². The van der Waals surface area contributed by atoms with Crippen LogP contribution >= 0.6 is 27.5 Å². The van der Waals surface area contributed by atoms with Gasteiger partial charge in [0.15, 0.2) is 0 Å². The Morgan fingerprint density at radius 2 is 2.06 bits per heavy atom. The number of rotatable bonds is 2. The lowest BCUT2D eigenvalue weighted by Gasteiger charge is -2.28. The summed E-state index contributed by atoms with van der Waals surface area (Å²) in [6.45, 7) is 0. The molecular formula is C13H15BrClNO2. The molecule has 98 valence electrons. The van der Waals surface area contributed by atoms with Gasteiger partial charge in [0.05, 0.1) is 12.1 Å². The fourth-order valence-corrected chi connectivity index (χ4v) is 3.08. The maximum Gasteiger partial charge on any atom is 0.251 e. The van der Waals surface area contributed by atoms with Crippen molar-refractivity contribution in [3.05, 3.63) is 33.3 Å². The number of carbonyl (C=O) groups is 1. The van der Waals surface area contributed by atoms with Gasteiger partial charge in [0, 0.05) is 15.1 Å². The van der Waals surface area contributed by atoms with Crippen LogP contribution in [-0.4, -0.2) is 23.2 Å². The Morgan fingerprint density at radius 3 is 2.72 bits per heavy atom. The standard InChI is InChI=1S/C13H15BrClNO2/c14-9-5-8(6-10(15)7-9)13(18)16-11-3-1-2-4-12(11)17/h5-7,11-12,17H,1-4H2,(H,16,18). The predicted octanol–water partition coefficient (Wildman–Crippen LogP) is 3.14. The second-order valence-electron chi connectivity index (χ2n) is 4.59. The zero-order chi connectivity index (χ0) is 13.1. The SMILES string of the molecule is O=C(NC1CCCCC1O)c1cc(Cl)cc(Br)c1. The van der Waals surface area contributed by atoms with Crippen LogP contribution in [-0.2, 0) is 0 Å². The topological polar surface area (TPSA) is 49.3 Å². The van der Waals surface area contributed by atoms with Crippen LogP contribution < -0.4 is 5.32 Å². The minimum Gasteiger partial charge on any atom is -0.391 e. The highest BCUT2D eigenvalue weighted by Gasteiger charge is 2.24. The predicted molar refractivity (Wildman–Crippen MR) is 74.9 cm³/mol. The third-order valence-electron chi connectivity index (χ3n) is 3.17. The van der Waals surface area contributed by atoms with Crippen molar-refractivity contribution in [2.45, 2.75) is 37.8 Å². The molecule has 0 aliphatic heterocycles. The molecule has 1 fully saturated rings. The van der Waals surface area contributed by atoms with Gasteiger partial charge in [-0.25, -0.2) is 0 Å². The largest absolute Gasteiger partial charge is 0.391 e. The van der Waals surface area contributed by atoms with E-state index in [0.29, 0.717) is 10.6 Å². The molecule has 0 radical (unpaired) electrons. The van der Waals surface area contributed by atoms with E-state index in [1.54, 1.807) is 18.2 Å². The van der Waals surface area contributed by atoms with Gasteiger partial charge in [-0.3, -0.25) is 4.79 Å². The lowest BCUT2D eigenvalue weighted by molar-refractivity contribution is 0.0717. The van der Waals surface area contributed by atoms with E-state index in [-0.39, 0.29) is 11.9 Å². The Hall–Kier alpha value is -0.580. The number of aliphatic hydroxyl groups excluding tert-OH is 1. The van der Waals surface area contributed by atoms with Crippen LogP contribution in [0.15, 0.2) is 22.7 Å². The highest BCUT2D eigenvalue weighted by Crippen LogP contribution is 2.21. The summed E-state index contributed by atoms with van der Waals surface area (Å²) in [5.74, 6) is -0.191. The number of carbonyl (C=O) groups excluding carboxylic acids is 1. The van der Waals surface area contributed by atoms with Gasteiger partial charge in [0.2, 0.25) is 0 Å². The fourth-order valence-electron chi connectivity index (χ4n) is 2.22. The molecule has 1 aromatic rings. The molecule has 1 saturated carbocycles. The van der Waals surface area contributed by atoms with Crippen molar-refractivity contribution >= 4 is 33.4 Å². The summed E-state index contributed by atoms with van der Waals surface area (Å²) in [6, 6.07) is 4.92. The van der Waals surface area contributed by atoms with E-state index in [4.69, 9.17) is 11.6 Å². The lowest BCUT2D eigenvalue weighted by atomic mass is 9.92. The first kappa shape index (κ1) is 13.8. The van der Waals surface area contributed by atoms with Crippen LogP contribution in [0.3, 0.4) is 0 Å². The van der Waals surface area contributed by atoms with Crippen molar-refractivity contribution in [2.75, 3.05) is 0 Å². The average molecular weight is 333 g/mol. The number of amides is 1. The third kappa shape index (κ3) is 3.46. The second-order valence-corrected chi connectivity index (χ2v) is 5.94. The molecule has 1 aromatic carbocycles. The maximum absolute atomic E-state index is 12.1. The molecule has 0 aromatic heterocycles. The fraction of sp³-hybridized carbons (Fsp3) is 0.462. The van der Waals surface area contributed by atoms with Gasteiger partial charge >= 0.3 is 0 Å². The van der Waals surface area contributed by atoms with Crippen molar-refractivity contribution in [1.82, 2.24) is 5.32 Å². The molecule has 0 heterocycles. The quantitative estimate of drug-likeness (QED) is 0.874. The molecule has 2 rings (SSSR count). The Bertz CT molecular complexity index is 432. The van der Waals surface area contributed by atoms with Crippen LogP contribution in [0.25, 0.3) is 0 Å². The normalized spacial score (nSPS) is 23.7. The number of aliphatic hydroxyl groups is 1. The molecular weight excluding hydrogens is 318 g/mol. The third-order valence-corrected chi connectivity index (χ3v) is 3.85. The van der Waals surface area contributed by atoms with Crippen LogP contribution in [0, 0.1) is 0 Å². The lowest BCUT2D eigenvalue weighted by Crippen LogP contribution is -2.45. The van der Waals surface area contributed by atoms with E-state index >= 15 is 0 Å². The molecule has 2 unspecified atom stereocenters. The molecule has 3 nitrogen and oxygen atoms in total. The van der Waals surface area contributed by atoms with Crippen molar-refractivity contribution in [3.63, 3.8) is 0 Å². The maximum atomic E-state index is 12.1.